The highest BCUT2D eigenvalue weighted by Gasteiger charge is 2.30. The Morgan fingerprint density at radius 2 is 2.09 bits per heavy atom. The summed E-state index contributed by atoms with van der Waals surface area (Å²) in [6.07, 6.45) is 4.31. The van der Waals surface area contributed by atoms with Crippen LogP contribution in [0.25, 0.3) is 0 Å². The molecular formula is C17H23NO4S. The number of carbonyl (C=O) groups excluding carboxylic acids is 1. The van der Waals surface area contributed by atoms with Gasteiger partial charge in [-0.1, -0.05) is 25.3 Å². The number of carbonyl (C=O) groups is 2. The van der Waals surface area contributed by atoms with E-state index in [9.17, 15) is 14.7 Å². The lowest BCUT2D eigenvalue weighted by molar-refractivity contribution is -0.143. The Hall–Kier alpha value is -1.69. The maximum absolute atomic E-state index is 12.2. The third-order valence-corrected chi connectivity index (χ3v) is 5.08. The van der Waals surface area contributed by atoms with E-state index in [2.05, 4.69) is 5.32 Å². The SMILES string of the molecule is COc1cccc(SCC(=O)N[C@H]2CCCCC[C@H]2C(=O)O)c1. The minimum Gasteiger partial charge on any atom is -0.497 e. The van der Waals surface area contributed by atoms with Gasteiger partial charge in [-0.05, 0) is 31.0 Å². The Bertz CT molecular complexity index is 549. The van der Waals surface area contributed by atoms with Crippen molar-refractivity contribution >= 4 is 23.6 Å². The van der Waals surface area contributed by atoms with Crippen LogP contribution in [0.5, 0.6) is 5.75 Å². The van der Waals surface area contributed by atoms with E-state index in [1.54, 1.807) is 7.11 Å². The molecule has 0 aromatic heterocycles. The van der Waals surface area contributed by atoms with Crippen molar-refractivity contribution in [3.8, 4) is 5.75 Å². The summed E-state index contributed by atoms with van der Waals surface area (Å²) >= 11 is 1.42. The number of hydrogen-bond donors (Lipinski definition) is 2. The standard InChI is InChI=1S/C17H23NO4S/c1-22-12-6-5-7-13(10-12)23-11-16(19)18-15-9-4-2-3-8-14(15)17(20)21/h5-7,10,14-15H,2-4,8-9,11H2,1H3,(H,18,19)(H,20,21)/t14-,15+/m1/s1. The summed E-state index contributed by atoms with van der Waals surface area (Å²) in [5.74, 6) is -0.363. The number of carboxylic acid groups (broad SMARTS) is 1. The molecule has 1 saturated carbocycles. The monoisotopic (exact) mass is 337 g/mol. The first-order chi connectivity index (χ1) is 11.1. The number of aliphatic carboxylic acids is 1. The van der Waals surface area contributed by atoms with E-state index in [0.717, 1.165) is 36.3 Å². The van der Waals surface area contributed by atoms with Gasteiger partial charge in [-0.15, -0.1) is 11.8 Å². The average Bonchev–Trinajstić information content (AvgIpc) is 2.78. The van der Waals surface area contributed by atoms with Crippen LogP contribution in [0.3, 0.4) is 0 Å². The second kappa shape index (κ2) is 8.82. The number of nitrogens with one attached hydrogen (secondary N) is 1. The summed E-state index contributed by atoms with van der Waals surface area (Å²) in [5.41, 5.74) is 0. The molecule has 0 unspecified atom stereocenters. The highest BCUT2D eigenvalue weighted by Crippen LogP contribution is 2.25. The number of amides is 1. The number of ether oxygens (including phenoxy) is 1. The third-order valence-electron chi connectivity index (χ3n) is 4.09. The van der Waals surface area contributed by atoms with Gasteiger partial charge in [-0.25, -0.2) is 0 Å². The van der Waals surface area contributed by atoms with Crippen molar-refractivity contribution in [2.24, 2.45) is 5.92 Å². The molecule has 126 valence electrons. The highest BCUT2D eigenvalue weighted by molar-refractivity contribution is 8.00. The van der Waals surface area contributed by atoms with Crippen LogP contribution in [0, 0.1) is 5.92 Å². The molecule has 1 amide bonds. The second-order valence-corrected chi connectivity index (χ2v) is 6.77. The molecule has 1 aliphatic rings. The Morgan fingerprint density at radius 1 is 1.30 bits per heavy atom. The molecule has 0 radical (unpaired) electrons. The summed E-state index contributed by atoms with van der Waals surface area (Å²) < 4.78 is 5.16. The van der Waals surface area contributed by atoms with Gasteiger partial charge >= 0.3 is 5.97 Å². The predicted molar refractivity (Wildman–Crippen MR) is 89.9 cm³/mol. The Balaban J connectivity index is 1.88. The van der Waals surface area contributed by atoms with Gasteiger partial charge in [0.1, 0.15) is 5.75 Å². The van der Waals surface area contributed by atoms with Crippen LogP contribution in [-0.2, 0) is 9.59 Å². The van der Waals surface area contributed by atoms with Crippen LogP contribution in [0.1, 0.15) is 32.1 Å². The van der Waals surface area contributed by atoms with Crippen LogP contribution >= 0.6 is 11.8 Å². The van der Waals surface area contributed by atoms with E-state index in [1.807, 2.05) is 24.3 Å². The quantitative estimate of drug-likeness (QED) is 0.616. The van der Waals surface area contributed by atoms with Crippen LogP contribution in [0.15, 0.2) is 29.2 Å². The van der Waals surface area contributed by atoms with Gasteiger partial charge in [0, 0.05) is 10.9 Å². The molecule has 0 saturated heterocycles. The molecule has 0 heterocycles. The van der Waals surface area contributed by atoms with Gasteiger partial charge in [-0.3, -0.25) is 9.59 Å². The Kier molecular flexibility index (Phi) is 6.77. The van der Waals surface area contributed by atoms with E-state index in [0.29, 0.717) is 6.42 Å². The minimum atomic E-state index is -0.808. The van der Waals surface area contributed by atoms with Crippen molar-refractivity contribution in [1.29, 1.82) is 0 Å². The first-order valence-electron chi connectivity index (χ1n) is 7.89. The molecular weight excluding hydrogens is 314 g/mol. The summed E-state index contributed by atoms with van der Waals surface area (Å²) in [5, 5.41) is 12.3. The maximum atomic E-state index is 12.2. The van der Waals surface area contributed by atoms with E-state index >= 15 is 0 Å². The van der Waals surface area contributed by atoms with E-state index in [4.69, 9.17) is 4.74 Å². The van der Waals surface area contributed by atoms with Crippen molar-refractivity contribution in [1.82, 2.24) is 5.32 Å². The molecule has 1 aromatic carbocycles. The molecule has 5 nitrogen and oxygen atoms in total. The average molecular weight is 337 g/mol. The molecule has 1 fully saturated rings. The molecule has 2 atom stereocenters. The number of rotatable bonds is 6. The Morgan fingerprint density at radius 3 is 2.83 bits per heavy atom. The fourth-order valence-electron chi connectivity index (χ4n) is 2.86. The fraction of sp³-hybridized carbons (Fsp3) is 0.529. The van der Waals surface area contributed by atoms with Gasteiger partial charge in [-0.2, -0.15) is 0 Å². The van der Waals surface area contributed by atoms with E-state index < -0.39 is 11.9 Å². The first kappa shape index (κ1) is 17.7. The van der Waals surface area contributed by atoms with Crippen LogP contribution in [0.4, 0.5) is 0 Å². The molecule has 6 heteroatoms. The van der Waals surface area contributed by atoms with Crippen molar-refractivity contribution in [2.75, 3.05) is 12.9 Å². The van der Waals surface area contributed by atoms with Crippen LogP contribution in [0.2, 0.25) is 0 Å². The van der Waals surface area contributed by atoms with E-state index in [1.165, 1.54) is 11.8 Å². The zero-order chi connectivity index (χ0) is 16.7. The van der Waals surface area contributed by atoms with Crippen LogP contribution in [-0.4, -0.2) is 35.9 Å². The molecule has 0 spiro atoms. The lowest BCUT2D eigenvalue weighted by Crippen LogP contribution is -2.43. The topological polar surface area (TPSA) is 75.6 Å². The lowest BCUT2D eigenvalue weighted by Gasteiger charge is -2.22. The molecule has 1 aliphatic carbocycles. The van der Waals surface area contributed by atoms with Gasteiger partial charge in [0.25, 0.3) is 0 Å². The second-order valence-electron chi connectivity index (χ2n) is 5.72. The molecule has 23 heavy (non-hydrogen) atoms. The fourth-order valence-corrected chi connectivity index (χ4v) is 3.62. The zero-order valence-electron chi connectivity index (χ0n) is 13.3. The van der Waals surface area contributed by atoms with Gasteiger partial charge < -0.3 is 15.2 Å². The Labute approximate surface area is 140 Å². The largest absolute Gasteiger partial charge is 0.497 e. The highest BCUT2D eigenvalue weighted by atomic mass is 32.2. The molecule has 0 bridgehead atoms. The maximum Gasteiger partial charge on any atom is 0.308 e. The number of thioether (sulfide) groups is 1. The number of carboxylic acids is 1. The number of benzene rings is 1. The molecule has 1 aromatic rings. The molecule has 2 N–H and O–H groups in total. The van der Waals surface area contributed by atoms with Crippen molar-refractivity contribution in [3.63, 3.8) is 0 Å². The predicted octanol–water partition coefficient (Wildman–Crippen LogP) is 2.94. The first-order valence-corrected chi connectivity index (χ1v) is 8.87. The third kappa shape index (κ3) is 5.46. The van der Waals surface area contributed by atoms with Crippen molar-refractivity contribution in [2.45, 2.75) is 43.0 Å². The summed E-state index contributed by atoms with van der Waals surface area (Å²) in [6, 6.07) is 7.28. The van der Waals surface area contributed by atoms with Gasteiger partial charge in [0.15, 0.2) is 0 Å². The summed E-state index contributed by atoms with van der Waals surface area (Å²) in [4.78, 5) is 24.5. The number of hydrogen-bond acceptors (Lipinski definition) is 4. The summed E-state index contributed by atoms with van der Waals surface area (Å²) in [7, 11) is 1.61. The van der Waals surface area contributed by atoms with E-state index in [-0.39, 0.29) is 17.7 Å². The van der Waals surface area contributed by atoms with Gasteiger partial charge in [0.2, 0.25) is 5.91 Å². The smallest absolute Gasteiger partial charge is 0.308 e. The minimum absolute atomic E-state index is 0.115. The van der Waals surface area contributed by atoms with Crippen LogP contribution < -0.4 is 10.1 Å². The zero-order valence-corrected chi connectivity index (χ0v) is 14.1. The van der Waals surface area contributed by atoms with Crippen molar-refractivity contribution in [3.05, 3.63) is 24.3 Å². The molecule has 2 rings (SSSR count). The lowest BCUT2D eigenvalue weighted by atomic mass is 9.95. The van der Waals surface area contributed by atoms with Crippen molar-refractivity contribution < 1.29 is 19.4 Å². The van der Waals surface area contributed by atoms with Gasteiger partial charge in [0.05, 0.1) is 18.8 Å². The normalized spacial score (nSPS) is 21.3. The molecule has 0 aliphatic heterocycles. The number of methoxy groups -OCH3 is 1. The summed E-state index contributed by atoms with van der Waals surface area (Å²) in [6.45, 7) is 0.